The summed E-state index contributed by atoms with van der Waals surface area (Å²) in [5, 5.41) is 0. The summed E-state index contributed by atoms with van der Waals surface area (Å²) in [4.78, 5) is 0.472. The fraction of sp³-hybridized carbons (Fsp3) is 0.667. The first kappa shape index (κ1) is 24.4. The van der Waals surface area contributed by atoms with Crippen LogP contribution in [0.4, 0.5) is 45.2 Å². The van der Waals surface area contributed by atoms with Crippen LogP contribution in [0.2, 0.25) is 0 Å². The van der Waals surface area contributed by atoms with Gasteiger partial charge in [-0.3, -0.25) is 0 Å². The molecule has 28 heavy (non-hydrogen) atoms. The Hall–Kier alpha value is -1.61. The number of alkyl halides is 6. The molecule has 1 aromatic carbocycles. The predicted molar refractivity (Wildman–Crippen MR) is 87.6 cm³/mol. The second-order valence-corrected chi connectivity index (χ2v) is 6.46. The molecule has 0 heterocycles. The summed E-state index contributed by atoms with van der Waals surface area (Å²) in [5.41, 5.74) is -3.95. The van der Waals surface area contributed by atoms with Gasteiger partial charge in [0.25, 0.3) is 0 Å². The molecule has 0 aromatic heterocycles. The van der Waals surface area contributed by atoms with Gasteiger partial charge < -0.3 is 4.90 Å². The van der Waals surface area contributed by atoms with Crippen LogP contribution in [-0.2, 0) is 5.92 Å². The van der Waals surface area contributed by atoms with Crippen molar-refractivity contribution in [2.75, 3.05) is 18.2 Å². The minimum absolute atomic E-state index is 0.0848. The quantitative estimate of drug-likeness (QED) is 0.157. The second kappa shape index (κ2) is 10.2. The number of benzene rings is 1. The van der Waals surface area contributed by atoms with Gasteiger partial charge >= 0.3 is 12.1 Å². The van der Waals surface area contributed by atoms with Gasteiger partial charge in [0, 0.05) is 12.6 Å². The van der Waals surface area contributed by atoms with Crippen LogP contribution in [0.1, 0.15) is 57.4 Å². The van der Waals surface area contributed by atoms with Gasteiger partial charge in [-0.25, -0.2) is 17.6 Å². The zero-order valence-electron chi connectivity index (χ0n) is 15.3. The summed E-state index contributed by atoms with van der Waals surface area (Å²) in [7, 11) is 0. The highest BCUT2D eigenvalue weighted by molar-refractivity contribution is 5.52. The summed E-state index contributed by atoms with van der Waals surface area (Å²) in [5.74, 6) is -13.1. The molecular formula is C18H22F9N. The van der Waals surface area contributed by atoms with E-state index in [1.165, 1.54) is 0 Å². The first-order valence-electron chi connectivity index (χ1n) is 8.92. The van der Waals surface area contributed by atoms with E-state index in [4.69, 9.17) is 0 Å². The molecule has 0 unspecified atom stereocenters. The van der Waals surface area contributed by atoms with E-state index >= 15 is 0 Å². The molecule has 0 saturated heterocycles. The first-order valence-corrected chi connectivity index (χ1v) is 8.92. The monoisotopic (exact) mass is 423 g/mol. The number of rotatable bonds is 11. The van der Waals surface area contributed by atoms with Crippen molar-refractivity contribution in [1.82, 2.24) is 0 Å². The molecule has 0 aliphatic rings. The normalized spacial score (nSPS) is 12.5. The van der Waals surface area contributed by atoms with Crippen molar-refractivity contribution in [3.63, 3.8) is 0 Å². The number of nitrogens with zero attached hydrogens (tertiary/aromatic N) is 1. The van der Waals surface area contributed by atoms with E-state index in [2.05, 4.69) is 0 Å². The fourth-order valence-corrected chi connectivity index (χ4v) is 2.74. The SMILES string of the molecule is CCCCCCCCCN(CF)c1cc(F)c(F)c(C(F)(F)C(F)(F)F)c1F. The molecule has 1 nitrogen and oxygen atoms in total. The molecule has 0 fully saturated rings. The van der Waals surface area contributed by atoms with Gasteiger partial charge in [-0.2, -0.15) is 22.0 Å². The summed E-state index contributed by atoms with van der Waals surface area (Å²) in [6, 6.07) is 0.0848. The molecule has 1 aromatic rings. The lowest BCUT2D eigenvalue weighted by molar-refractivity contribution is -0.291. The van der Waals surface area contributed by atoms with Crippen LogP contribution < -0.4 is 4.90 Å². The molecule has 0 N–H and O–H groups in total. The number of hydrogen-bond acceptors (Lipinski definition) is 1. The van der Waals surface area contributed by atoms with Crippen molar-refractivity contribution in [2.24, 2.45) is 0 Å². The molecule has 0 aliphatic heterocycles. The van der Waals surface area contributed by atoms with Crippen LogP contribution in [0, 0.1) is 17.5 Å². The Bertz CT molecular complexity index is 628. The zero-order valence-corrected chi connectivity index (χ0v) is 15.3. The Balaban J connectivity index is 3.03. The van der Waals surface area contributed by atoms with E-state index in [0.29, 0.717) is 11.3 Å². The average Bonchev–Trinajstić information content (AvgIpc) is 2.60. The van der Waals surface area contributed by atoms with E-state index in [1.54, 1.807) is 0 Å². The maximum atomic E-state index is 14.3. The lowest BCUT2D eigenvalue weighted by Gasteiger charge is -2.26. The molecule has 1 rings (SSSR count). The molecule has 0 bridgehead atoms. The molecule has 0 saturated carbocycles. The van der Waals surface area contributed by atoms with Crippen LogP contribution >= 0.6 is 0 Å². The molecule has 162 valence electrons. The van der Waals surface area contributed by atoms with E-state index < -0.39 is 47.6 Å². The van der Waals surface area contributed by atoms with Crippen LogP contribution in [0.15, 0.2) is 6.07 Å². The Kier molecular flexibility index (Phi) is 8.94. The van der Waals surface area contributed by atoms with Crippen molar-refractivity contribution in [3.05, 3.63) is 29.1 Å². The second-order valence-electron chi connectivity index (χ2n) is 6.46. The van der Waals surface area contributed by atoms with Crippen LogP contribution in [-0.4, -0.2) is 19.5 Å². The van der Waals surface area contributed by atoms with Crippen molar-refractivity contribution >= 4 is 5.69 Å². The first-order chi connectivity index (χ1) is 13.0. The minimum Gasteiger partial charge on any atom is -0.342 e. The van der Waals surface area contributed by atoms with E-state index in [0.717, 1.165) is 32.1 Å². The smallest absolute Gasteiger partial charge is 0.342 e. The molecule has 0 radical (unpaired) electrons. The third kappa shape index (κ3) is 5.70. The molecule has 10 heteroatoms. The van der Waals surface area contributed by atoms with E-state index in [1.807, 2.05) is 6.92 Å². The molecular weight excluding hydrogens is 401 g/mol. The van der Waals surface area contributed by atoms with Gasteiger partial charge in [0.1, 0.15) is 5.56 Å². The van der Waals surface area contributed by atoms with Crippen molar-refractivity contribution < 1.29 is 39.5 Å². The molecule has 0 atom stereocenters. The lowest BCUT2D eigenvalue weighted by atomic mass is 10.0. The number of halogens is 9. The fourth-order valence-electron chi connectivity index (χ4n) is 2.74. The van der Waals surface area contributed by atoms with Crippen molar-refractivity contribution in [3.8, 4) is 0 Å². The van der Waals surface area contributed by atoms with Crippen molar-refractivity contribution in [1.29, 1.82) is 0 Å². The maximum Gasteiger partial charge on any atom is 0.458 e. The largest absolute Gasteiger partial charge is 0.458 e. The molecule has 0 amide bonds. The zero-order chi connectivity index (χ0) is 21.5. The predicted octanol–water partition coefficient (Wildman–Crippen LogP) is 7.24. The highest BCUT2D eigenvalue weighted by Gasteiger charge is 2.62. The number of unbranched alkanes of at least 4 members (excludes halogenated alkanes) is 6. The highest BCUT2D eigenvalue weighted by atomic mass is 19.4. The number of anilines is 1. The van der Waals surface area contributed by atoms with Gasteiger partial charge in [-0.05, 0) is 6.42 Å². The van der Waals surface area contributed by atoms with E-state index in [-0.39, 0.29) is 19.0 Å². The lowest BCUT2D eigenvalue weighted by Crippen LogP contribution is -2.37. The van der Waals surface area contributed by atoms with Gasteiger partial charge in [0.05, 0.1) is 5.69 Å². The maximum absolute atomic E-state index is 14.3. The molecule has 0 spiro atoms. The minimum atomic E-state index is -6.35. The molecule has 0 aliphatic carbocycles. The Morgan fingerprint density at radius 1 is 0.821 bits per heavy atom. The Morgan fingerprint density at radius 3 is 1.86 bits per heavy atom. The summed E-state index contributed by atoms with van der Waals surface area (Å²) in [6.45, 7) is 0.324. The third-order valence-corrected chi connectivity index (χ3v) is 4.32. The summed E-state index contributed by atoms with van der Waals surface area (Å²) < 4.78 is 119. The van der Waals surface area contributed by atoms with Gasteiger partial charge in [-0.1, -0.05) is 45.4 Å². The van der Waals surface area contributed by atoms with E-state index in [9.17, 15) is 39.5 Å². The third-order valence-electron chi connectivity index (χ3n) is 4.32. The van der Waals surface area contributed by atoms with Crippen LogP contribution in [0.5, 0.6) is 0 Å². The van der Waals surface area contributed by atoms with Gasteiger partial charge in [0.15, 0.2) is 24.3 Å². The van der Waals surface area contributed by atoms with Crippen LogP contribution in [0.25, 0.3) is 0 Å². The van der Waals surface area contributed by atoms with Crippen molar-refractivity contribution in [2.45, 2.75) is 64.0 Å². The van der Waals surface area contributed by atoms with Gasteiger partial charge in [0.2, 0.25) is 0 Å². The van der Waals surface area contributed by atoms with Crippen LogP contribution in [0.3, 0.4) is 0 Å². The Labute approximate surface area is 157 Å². The summed E-state index contributed by atoms with van der Waals surface area (Å²) >= 11 is 0. The number of hydrogen-bond donors (Lipinski definition) is 0. The van der Waals surface area contributed by atoms with Gasteiger partial charge in [-0.15, -0.1) is 0 Å². The Morgan fingerprint density at radius 2 is 1.36 bits per heavy atom. The highest BCUT2D eigenvalue weighted by Crippen LogP contribution is 2.47. The summed E-state index contributed by atoms with van der Waals surface area (Å²) in [6.07, 6.45) is -0.724. The standard InChI is InChI=1S/C18H22F9N/c1-2-3-4-5-6-7-8-9-28(11-19)13-10-12(20)15(21)14(16(13)22)17(23,24)18(25,26)27/h10H,2-9,11H2,1H3. The average molecular weight is 423 g/mol. The topological polar surface area (TPSA) is 3.24 Å².